The smallest absolute Gasteiger partial charge is 0.168 e. The van der Waals surface area contributed by atoms with E-state index < -0.39 is 0 Å². The van der Waals surface area contributed by atoms with Gasteiger partial charge in [0.15, 0.2) is 6.29 Å². The number of pyridine rings is 1. The molecule has 0 unspecified atom stereocenters. The molecule has 0 atom stereocenters. The summed E-state index contributed by atoms with van der Waals surface area (Å²) in [6.07, 6.45) is 2.38. The van der Waals surface area contributed by atoms with Crippen molar-refractivity contribution in [3.05, 3.63) is 24.0 Å². The van der Waals surface area contributed by atoms with E-state index in [1.54, 1.807) is 18.3 Å². The first kappa shape index (κ1) is 8.71. The monoisotopic (exact) mass is 165 g/mol. The summed E-state index contributed by atoms with van der Waals surface area (Å²) in [5.41, 5.74) is 0.396. The molecule has 0 saturated heterocycles. The zero-order chi connectivity index (χ0) is 8.97. The lowest BCUT2D eigenvalue weighted by atomic mass is 10.3. The van der Waals surface area contributed by atoms with E-state index >= 15 is 0 Å². The molecule has 0 aliphatic heterocycles. The van der Waals surface area contributed by atoms with Crippen molar-refractivity contribution in [1.82, 2.24) is 4.98 Å². The molecule has 64 valence electrons. The van der Waals surface area contributed by atoms with Crippen LogP contribution < -0.4 is 4.74 Å². The molecule has 0 aliphatic rings. The van der Waals surface area contributed by atoms with Crippen LogP contribution in [-0.2, 0) is 0 Å². The van der Waals surface area contributed by atoms with Crippen LogP contribution in [0.25, 0.3) is 0 Å². The molecule has 3 heteroatoms. The Labute approximate surface area is 71.4 Å². The molecule has 0 radical (unpaired) electrons. The molecule has 0 aromatic carbocycles. The third-order valence-electron chi connectivity index (χ3n) is 1.25. The van der Waals surface area contributed by atoms with E-state index in [0.29, 0.717) is 17.7 Å². The SMILES string of the molecule is CC(C)Oc1ccnc(C=O)c1. The molecule has 1 aromatic rings. The van der Waals surface area contributed by atoms with Crippen LogP contribution in [0.15, 0.2) is 18.3 Å². The first-order chi connectivity index (χ1) is 5.72. The molecule has 3 nitrogen and oxygen atoms in total. The minimum atomic E-state index is 0.118. The van der Waals surface area contributed by atoms with Crippen LogP contribution in [0, 0.1) is 0 Å². The third-order valence-corrected chi connectivity index (χ3v) is 1.25. The van der Waals surface area contributed by atoms with Crippen LogP contribution in [0.2, 0.25) is 0 Å². The fourth-order valence-corrected chi connectivity index (χ4v) is 0.838. The molecule has 0 aliphatic carbocycles. The Balaban J connectivity index is 2.79. The Morgan fingerprint density at radius 2 is 2.33 bits per heavy atom. The largest absolute Gasteiger partial charge is 0.491 e. The number of carbonyl (C=O) groups excluding carboxylic acids is 1. The summed E-state index contributed by atoms with van der Waals surface area (Å²) in [4.78, 5) is 14.1. The van der Waals surface area contributed by atoms with Gasteiger partial charge < -0.3 is 4.74 Å². The van der Waals surface area contributed by atoms with E-state index in [1.165, 1.54) is 0 Å². The van der Waals surface area contributed by atoms with Crippen molar-refractivity contribution in [2.75, 3.05) is 0 Å². The van der Waals surface area contributed by atoms with Gasteiger partial charge in [0.25, 0.3) is 0 Å². The van der Waals surface area contributed by atoms with Crippen LogP contribution in [0.4, 0.5) is 0 Å². The molecule has 0 saturated carbocycles. The Bertz CT molecular complexity index is 271. The Morgan fingerprint density at radius 1 is 1.58 bits per heavy atom. The van der Waals surface area contributed by atoms with Gasteiger partial charge in [-0.1, -0.05) is 0 Å². The maximum absolute atomic E-state index is 10.3. The second kappa shape index (κ2) is 3.85. The lowest BCUT2D eigenvalue weighted by Crippen LogP contribution is -2.05. The molecular weight excluding hydrogens is 154 g/mol. The number of ether oxygens (including phenoxy) is 1. The molecule has 12 heavy (non-hydrogen) atoms. The van der Waals surface area contributed by atoms with Crippen LogP contribution >= 0.6 is 0 Å². The van der Waals surface area contributed by atoms with Gasteiger partial charge in [-0.3, -0.25) is 9.78 Å². The highest BCUT2D eigenvalue weighted by Crippen LogP contribution is 2.11. The van der Waals surface area contributed by atoms with Crippen molar-refractivity contribution in [3.8, 4) is 5.75 Å². The summed E-state index contributed by atoms with van der Waals surface area (Å²) < 4.78 is 5.36. The lowest BCUT2D eigenvalue weighted by Gasteiger charge is -2.08. The van der Waals surface area contributed by atoms with E-state index in [9.17, 15) is 4.79 Å². The minimum Gasteiger partial charge on any atom is -0.491 e. The van der Waals surface area contributed by atoms with Crippen molar-refractivity contribution >= 4 is 6.29 Å². The molecule has 0 spiro atoms. The summed E-state index contributed by atoms with van der Waals surface area (Å²) in [7, 11) is 0. The Morgan fingerprint density at radius 3 is 2.92 bits per heavy atom. The van der Waals surface area contributed by atoms with Crippen molar-refractivity contribution in [2.24, 2.45) is 0 Å². The number of aromatic nitrogens is 1. The van der Waals surface area contributed by atoms with E-state index in [-0.39, 0.29) is 6.10 Å². The molecule has 0 amide bonds. The molecule has 1 heterocycles. The predicted molar refractivity (Wildman–Crippen MR) is 45.4 cm³/mol. The highest BCUT2D eigenvalue weighted by Gasteiger charge is 1.98. The maximum Gasteiger partial charge on any atom is 0.168 e. The highest BCUT2D eigenvalue weighted by atomic mass is 16.5. The second-order valence-electron chi connectivity index (χ2n) is 2.70. The van der Waals surface area contributed by atoms with E-state index in [4.69, 9.17) is 4.74 Å². The van der Waals surface area contributed by atoms with Crippen LogP contribution in [-0.4, -0.2) is 17.4 Å². The first-order valence-electron chi connectivity index (χ1n) is 3.80. The number of hydrogen-bond acceptors (Lipinski definition) is 3. The zero-order valence-corrected chi connectivity index (χ0v) is 7.15. The summed E-state index contributed by atoms with van der Waals surface area (Å²) >= 11 is 0. The molecule has 1 aromatic heterocycles. The fraction of sp³-hybridized carbons (Fsp3) is 0.333. The minimum absolute atomic E-state index is 0.118. The number of aldehydes is 1. The number of hydrogen-bond donors (Lipinski definition) is 0. The van der Waals surface area contributed by atoms with Crippen molar-refractivity contribution in [2.45, 2.75) is 20.0 Å². The second-order valence-corrected chi connectivity index (χ2v) is 2.70. The van der Waals surface area contributed by atoms with E-state index in [2.05, 4.69) is 4.98 Å². The van der Waals surface area contributed by atoms with Crippen LogP contribution in [0.1, 0.15) is 24.3 Å². The average Bonchev–Trinajstić information content (AvgIpc) is 2.03. The number of carbonyl (C=O) groups is 1. The fourth-order valence-electron chi connectivity index (χ4n) is 0.838. The van der Waals surface area contributed by atoms with E-state index in [0.717, 1.165) is 0 Å². The summed E-state index contributed by atoms with van der Waals surface area (Å²) in [5.74, 6) is 0.683. The quantitative estimate of drug-likeness (QED) is 0.639. The van der Waals surface area contributed by atoms with Crippen LogP contribution in [0.5, 0.6) is 5.75 Å². The zero-order valence-electron chi connectivity index (χ0n) is 7.15. The Kier molecular flexibility index (Phi) is 2.80. The topological polar surface area (TPSA) is 39.2 Å². The Hall–Kier alpha value is -1.38. The van der Waals surface area contributed by atoms with Gasteiger partial charge >= 0.3 is 0 Å². The van der Waals surface area contributed by atoms with Gasteiger partial charge in [0.2, 0.25) is 0 Å². The molecule has 0 bridgehead atoms. The summed E-state index contributed by atoms with van der Waals surface area (Å²) in [6, 6.07) is 3.35. The maximum atomic E-state index is 10.3. The van der Waals surface area contributed by atoms with E-state index in [1.807, 2.05) is 13.8 Å². The molecule has 0 N–H and O–H groups in total. The third kappa shape index (κ3) is 2.34. The van der Waals surface area contributed by atoms with Gasteiger partial charge in [-0.05, 0) is 19.9 Å². The van der Waals surface area contributed by atoms with Crippen molar-refractivity contribution in [1.29, 1.82) is 0 Å². The van der Waals surface area contributed by atoms with Crippen molar-refractivity contribution in [3.63, 3.8) is 0 Å². The number of rotatable bonds is 3. The van der Waals surface area contributed by atoms with Gasteiger partial charge in [0, 0.05) is 12.3 Å². The summed E-state index contributed by atoms with van der Waals surface area (Å²) in [5, 5.41) is 0. The highest BCUT2D eigenvalue weighted by molar-refractivity contribution is 5.72. The van der Waals surface area contributed by atoms with Gasteiger partial charge in [-0.25, -0.2) is 0 Å². The standard InChI is InChI=1S/C9H11NO2/c1-7(2)12-9-3-4-10-8(5-9)6-11/h3-7H,1-2H3. The average molecular weight is 165 g/mol. The number of nitrogens with zero attached hydrogens (tertiary/aromatic N) is 1. The summed E-state index contributed by atoms with van der Waals surface area (Å²) in [6.45, 7) is 3.86. The lowest BCUT2D eigenvalue weighted by molar-refractivity contribution is 0.111. The first-order valence-corrected chi connectivity index (χ1v) is 3.80. The van der Waals surface area contributed by atoms with Gasteiger partial charge in [0.05, 0.1) is 6.10 Å². The molecule has 1 rings (SSSR count). The molecule has 0 fully saturated rings. The van der Waals surface area contributed by atoms with Gasteiger partial charge in [-0.15, -0.1) is 0 Å². The molecular formula is C9H11NO2. The van der Waals surface area contributed by atoms with Gasteiger partial charge in [-0.2, -0.15) is 0 Å². The van der Waals surface area contributed by atoms with Crippen LogP contribution in [0.3, 0.4) is 0 Å². The van der Waals surface area contributed by atoms with Gasteiger partial charge in [0.1, 0.15) is 11.4 Å². The normalized spacial score (nSPS) is 9.92. The van der Waals surface area contributed by atoms with Crippen molar-refractivity contribution < 1.29 is 9.53 Å². The predicted octanol–water partition coefficient (Wildman–Crippen LogP) is 1.68.